The number of rotatable bonds is 8. The van der Waals surface area contributed by atoms with Gasteiger partial charge in [-0.1, -0.05) is 30.9 Å². The van der Waals surface area contributed by atoms with Crippen molar-refractivity contribution in [2.24, 2.45) is 4.99 Å². The van der Waals surface area contributed by atoms with E-state index in [1.165, 1.54) is 17.0 Å². The van der Waals surface area contributed by atoms with Gasteiger partial charge in [-0.05, 0) is 38.5 Å². The van der Waals surface area contributed by atoms with Crippen LogP contribution in [0.1, 0.15) is 43.8 Å². The van der Waals surface area contributed by atoms with E-state index in [2.05, 4.69) is 16.7 Å². The maximum atomic E-state index is 12.9. The number of aromatic nitrogens is 2. The monoisotopic (exact) mass is 453 g/mol. The number of nitrogens with zero attached hydrogens (tertiary/aromatic N) is 2. The highest BCUT2D eigenvalue weighted by atomic mass is 32.1. The zero-order chi connectivity index (χ0) is 23.3. The zero-order valence-corrected chi connectivity index (χ0v) is 18.8. The summed E-state index contributed by atoms with van der Waals surface area (Å²) in [5.41, 5.74) is 1.95. The van der Waals surface area contributed by atoms with Crippen molar-refractivity contribution in [2.45, 2.75) is 20.8 Å². The number of esters is 2. The number of benzene rings is 1. The minimum Gasteiger partial charge on any atom is -0.462 e. The maximum Gasteiger partial charge on any atom is 0.348 e. The lowest BCUT2D eigenvalue weighted by Gasteiger charge is -2.03. The molecular formula is C23H23N3O5S. The molecular weight excluding hydrogens is 430 g/mol. The van der Waals surface area contributed by atoms with Crippen molar-refractivity contribution in [1.82, 2.24) is 9.78 Å². The van der Waals surface area contributed by atoms with Crippen LogP contribution in [0.5, 0.6) is 0 Å². The Labute approximate surface area is 188 Å². The number of nitrogens with one attached hydrogen (secondary N) is 1. The lowest BCUT2D eigenvalue weighted by Crippen LogP contribution is -2.17. The largest absolute Gasteiger partial charge is 0.462 e. The average molecular weight is 454 g/mol. The van der Waals surface area contributed by atoms with E-state index in [4.69, 9.17) is 9.47 Å². The molecule has 0 aliphatic rings. The van der Waals surface area contributed by atoms with Crippen LogP contribution in [0, 0.1) is 13.8 Å². The maximum absolute atomic E-state index is 12.9. The van der Waals surface area contributed by atoms with E-state index < -0.39 is 11.9 Å². The number of aromatic amines is 1. The molecule has 2 heterocycles. The summed E-state index contributed by atoms with van der Waals surface area (Å²) in [6.07, 6.45) is 2.85. The van der Waals surface area contributed by atoms with Gasteiger partial charge in [-0.3, -0.25) is 9.89 Å². The summed E-state index contributed by atoms with van der Waals surface area (Å²) in [6.45, 7) is 8.82. The molecule has 0 atom stereocenters. The summed E-state index contributed by atoms with van der Waals surface area (Å²) in [5.74, 6) is -1.17. The second-order valence-corrected chi connectivity index (χ2v) is 7.73. The van der Waals surface area contributed by atoms with E-state index >= 15 is 0 Å². The molecule has 3 aromatic rings. The molecule has 0 bridgehead atoms. The normalized spacial score (nSPS) is 11.0. The van der Waals surface area contributed by atoms with E-state index in [0.29, 0.717) is 22.5 Å². The van der Waals surface area contributed by atoms with Crippen molar-refractivity contribution < 1.29 is 19.1 Å². The predicted molar refractivity (Wildman–Crippen MR) is 124 cm³/mol. The molecule has 1 N–H and O–H groups in total. The second-order valence-electron chi connectivity index (χ2n) is 6.73. The van der Waals surface area contributed by atoms with E-state index in [-0.39, 0.29) is 34.2 Å². The number of aliphatic imine (C=N–C) groups is 1. The summed E-state index contributed by atoms with van der Waals surface area (Å²) >= 11 is 1.01. The first-order chi connectivity index (χ1) is 15.4. The number of ether oxygens (including phenoxy) is 2. The lowest BCUT2D eigenvalue weighted by molar-refractivity contribution is 0.0527. The van der Waals surface area contributed by atoms with Gasteiger partial charge in [0.1, 0.15) is 22.0 Å². The summed E-state index contributed by atoms with van der Waals surface area (Å²) in [7, 11) is 0. The van der Waals surface area contributed by atoms with E-state index in [0.717, 1.165) is 11.3 Å². The molecule has 0 unspecified atom stereocenters. The standard InChI is InChI=1S/C23H23N3O5S/c1-5-12-31-23(29)19-14(3)18(22(28)30-6-2)20(32-19)24-13-17-15(4)25-26(21(17)27)16-10-8-7-9-11-16/h5,7-11,13,25H,1,6,12H2,2-4H3/b24-13+. The van der Waals surface area contributed by atoms with Gasteiger partial charge in [0, 0.05) is 11.9 Å². The molecule has 2 aromatic heterocycles. The van der Waals surface area contributed by atoms with Gasteiger partial charge in [-0.25, -0.2) is 19.3 Å². The van der Waals surface area contributed by atoms with Crippen LogP contribution in [-0.2, 0) is 9.47 Å². The van der Waals surface area contributed by atoms with Crippen LogP contribution >= 0.6 is 11.3 Å². The molecule has 0 spiro atoms. The first kappa shape index (κ1) is 23.0. The SMILES string of the molecule is C=CCOC(=O)c1sc(/N=C/c2c(C)[nH]n(-c3ccccc3)c2=O)c(C(=O)OCC)c1C. The topological polar surface area (TPSA) is 103 Å². The Bertz CT molecular complexity index is 1230. The van der Waals surface area contributed by atoms with Crippen LogP contribution in [-0.4, -0.2) is 41.1 Å². The number of carbonyl (C=O) groups excluding carboxylic acids is 2. The van der Waals surface area contributed by atoms with Crippen molar-refractivity contribution in [2.75, 3.05) is 13.2 Å². The molecule has 0 radical (unpaired) electrons. The Hall–Kier alpha value is -3.72. The zero-order valence-electron chi connectivity index (χ0n) is 18.0. The predicted octanol–water partition coefficient (Wildman–Crippen LogP) is 4.11. The van der Waals surface area contributed by atoms with Gasteiger partial charge in [-0.2, -0.15) is 0 Å². The van der Waals surface area contributed by atoms with Gasteiger partial charge in [-0.15, -0.1) is 11.3 Å². The minimum atomic E-state index is -0.594. The van der Waals surface area contributed by atoms with Gasteiger partial charge >= 0.3 is 11.9 Å². The number of H-pyrrole nitrogens is 1. The molecule has 0 fully saturated rings. The number of hydrogen-bond acceptors (Lipinski definition) is 7. The Kier molecular flexibility index (Phi) is 7.21. The number of carbonyl (C=O) groups is 2. The van der Waals surface area contributed by atoms with Gasteiger partial charge in [0.15, 0.2) is 0 Å². The van der Waals surface area contributed by atoms with E-state index in [9.17, 15) is 14.4 Å². The second kappa shape index (κ2) is 10.1. The number of aryl methyl sites for hydroxylation is 1. The first-order valence-corrected chi connectivity index (χ1v) is 10.7. The smallest absolute Gasteiger partial charge is 0.348 e. The van der Waals surface area contributed by atoms with E-state index in [1.54, 1.807) is 32.9 Å². The molecule has 0 aliphatic carbocycles. The average Bonchev–Trinajstić information content (AvgIpc) is 3.27. The van der Waals surface area contributed by atoms with E-state index in [1.807, 2.05) is 18.2 Å². The molecule has 0 saturated carbocycles. The first-order valence-electron chi connectivity index (χ1n) is 9.88. The van der Waals surface area contributed by atoms with Crippen molar-refractivity contribution in [1.29, 1.82) is 0 Å². The van der Waals surface area contributed by atoms with Crippen LogP contribution in [0.4, 0.5) is 5.00 Å². The van der Waals surface area contributed by atoms with Gasteiger partial charge in [0.05, 0.1) is 17.9 Å². The molecule has 1 aromatic carbocycles. The quantitative estimate of drug-likeness (QED) is 0.314. The Morgan fingerprint density at radius 1 is 1.19 bits per heavy atom. The van der Waals surface area contributed by atoms with Gasteiger partial charge < -0.3 is 9.47 Å². The third-order valence-corrected chi connectivity index (χ3v) is 5.75. The number of hydrogen-bond donors (Lipinski definition) is 1. The highest BCUT2D eigenvalue weighted by Gasteiger charge is 2.26. The fraction of sp³-hybridized carbons (Fsp3) is 0.217. The van der Waals surface area contributed by atoms with Crippen molar-refractivity contribution in [3.63, 3.8) is 0 Å². The summed E-state index contributed by atoms with van der Waals surface area (Å²) < 4.78 is 11.7. The van der Waals surface area contributed by atoms with Crippen molar-refractivity contribution in [3.8, 4) is 5.69 Å². The van der Waals surface area contributed by atoms with Crippen LogP contribution in [0.25, 0.3) is 5.69 Å². The molecule has 32 heavy (non-hydrogen) atoms. The summed E-state index contributed by atoms with van der Waals surface area (Å²) in [5, 5.41) is 3.28. The van der Waals surface area contributed by atoms with Crippen LogP contribution in [0.3, 0.4) is 0 Å². The molecule has 0 saturated heterocycles. The number of para-hydroxylation sites is 1. The van der Waals surface area contributed by atoms with Crippen molar-refractivity contribution >= 4 is 34.5 Å². The Morgan fingerprint density at radius 2 is 1.91 bits per heavy atom. The third-order valence-electron chi connectivity index (χ3n) is 4.57. The minimum absolute atomic E-state index is 0.0467. The molecule has 0 amide bonds. The van der Waals surface area contributed by atoms with Gasteiger partial charge in [0.25, 0.3) is 5.56 Å². The molecule has 9 heteroatoms. The number of thiophene rings is 1. The highest BCUT2D eigenvalue weighted by molar-refractivity contribution is 7.18. The van der Waals surface area contributed by atoms with Crippen LogP contribution in [0.2, 0.25) is 0 Å². The molecule has 166 valence electrons. The molecule has 0 aliphatic heterocycles. The molecule has 8 nitrogen and oxygen atoms in total. The van der Waals surface area contributed by atoms with Gasteiger partial charge in [0.2, 0.25) is 0 Å². The summed E-state index contributed by atoms with van der Waals surface area (Å²) in [6, 6.07) is 9.14. The molecule has 3 rings (SSSR count). The lowest BCUT2D eigenvalue weighted by atomic mass is 10.1. The third kappa shape index (κ3) is 4.62. The Morgan fingerprint density at radius 3 is 2.56 bits per heavy atom. The summed E-state index contributed by atoms with van der Waals surface area (Å²) in [4.78, 5) is 42.5. The highest BCUT2D eigenvalue weighted by Crippen LogP contribution is 2.36. The van der Waals surface area contributed by atoms with Crippen molar-refractivity contribution in [3.05, 3.63) is 80.6 Å². The fourth-order valence-electron chi connectivity index (χ4n) is 3.02. The van der Waals surface area contributed by atoms with Crippen LogP contribution < -0.4 is 5.56 Å². The fourth-order valence-corrected chi connectivity index (χ4v) is 4.06. The Balaban J connectivity index is 2.04. The van der Waals surface area contributed by atoms with Crippen LogP contribution in [0.15, 0.2) is 52.8 Å².